The maximum atomic E-state index is 10.8. The first-order valence-corrected chi connectivity index (χ1v) is 6.03. The molecule has 1 rings (SSSR count). The molecule has 1 aliphatic carbocycles. The van der Waals surface area contributed by atoms with Crippen LogP contribution in [0.5, 0.6) is 0 Å². The van der Waals surface area contributed by atoms with E-state index in [1.807, 2.05) is 13.8 Å². The summed E-state index contributed by atoms with van der Waals surface area (Å²) < 4.78 is 0. The Morgan fingerprint density at radius 3 is 1.93 bits per heavy atom. The molecule has 1 N–H and O–H groups in total. The summed E-state index contributed by atoms with van der Waals surface area (Å²) >= 11 is 0. The number of nitrogens with one attached hydrogen (secondary N) is 1. The van der Waals surface area contributed by atoms with Gasteiger partial charge in [-0.05, 0) is 39.8 Å². The summed E-state index contributed by atoms with van der Waals surface area (Å²) in [5, 5.41) is 2.98. The monoisotopic (exact) mass is 214 g/mol. The van der Waals surface area contributed by atoms with Gasteiger partial charge in [0.2, 0.25) is 5.91 Å². The number of rotatable bonds is 2. The van der Waals surface area contributed by atoms with Crippen molar-refractivity contribution in [1.82, 2.24) is 10.2 Å². The van der Waals surface area contributed by atoms with Crippen LogP contribution >= 0.6 is 0 Å². The Labute approximate surface area is 94.2 Å². The Morgan fingerprint density at radius 2 is 1.60 bits per heavy atom. The zero-order chi connectivity index (χ0) is 11.8. The summed E-state index contributed by atoms with van der Waals surface area (Å²) in [5.41, 5.74) is 0. The summed E-state index contributed by atoms with van der Waals surface area (Å²) in [4.78, 5) is 13.1. The molecular weight excluding hydrogens is 188 g/mol. The van der Waals surface area contributed by atoms with Crippen LogP contribution in [0.25, 0.3) is 0 Å². The molecule has 90 valence electrons. The molecule has 3 heteroatoms. The second-order valence-electron chi connectivity index (χ2n) is 4.17. The molecule has 0 aliphatic heterocycles. The minimum atomic E-state index is 0.105. The van der Waals surface area contributed by atoms with Crippen LogP contribution in [0.4, 0.5) is 0 Å². The first-order valence-electron chi connectivity index (χ1n) is 6.03. The fraction of sp³-hybridized carbons (Fsp3) is 0.917. The van der Waals surface area contributed by atoms with E-state index in [-0.39, 0.29) is 5.91 Å². The molecule has 15 heavy (non-hydrogen) atoms. The van der Waals surface area contributed by atoms with Gasteiger partial charge in [-0.3, -0.25) is 4.79 Å². The first-order chi connectivity index (χ1) is 7.09. The molecule has 0 saturated heterocycles. The average molecular weight is 214 g/mol. The molecule has 0 atom stereocenters. The van der Waals surface area contributed by atoms with E-state index in [1.165, 1.54) is 12.8 Å². The largest absolute Gasteiger partial charge is 0.354 e. The van der Waals surface area contributed by atoms with Gasteiger partial charge in [0.25, 0.3) is 0 Å². The lowest BCUT2D eigenvalue weighted by Crippen LogP contribution is -2.40. The molecule has 0 aromatic heterocycles. The number of carbonyl (C=O) groups is 1. The van der Waals surface area contributed by atoms with Gasteiger partial charge in [-0.1, -0.05) is 13.8 Å². The van der Waals surface area contributed by atoms with Gasteiger partial charge in [-0.2, -0.15) is 0 Å². The fourth-order valence-electron chi connectivity index (χ4n) is 2.02. The van der Waals surface area contributed by atoms with Crippen molar-refractivity contribution in [3.63, 3.8) is 0 Å². The molecule has 0 bridgehead atoms. The van der Waals surface area contributed by atoms with Crippen LogP contribution < -0.4 is 5.32 Å². The molecule has 0 radical (unpaired) electrons. The van der Waals surface area contributed by atoms with Crippen LogP contribution in [0.1, 0.15) is 46.5 Å². The van der Waals surface area contributed by atoms with Gasteiger partial charge >= 0.3 is 0 Å². The van der Waals surface area contributed by atoms with Gasteiger partial charge in [0.15, 0.2) is 0 Å². The van der Waals surface area contributed by atoms with E-state index in [4.69, 9.17) is 0 Å². The third kappa shape index (κ3) is 5.78. The van der Waals surface area contributed by atoms with Gasteiger partial charge in [0.05, 0.1) is 0 Å². The van der Waals surface area contributed by atoms with Crippen LogP contribution in [0.2, 0.25) is 0 Å². The molecule has 3 nitrogen and oxygen atoms in total. The van der Waals surface area contributed by atoms with Crippen molar-refractivity contribution in [1.29, 1.82) is 0 Å². The Bertz CT molecular complexity index is 172. The quantitative estimate of drug-likeness (QED) is 0.763. The highest BCUT2D eigenvalue weighted by molar-refractivity contribution is 5.73. The van der Waals surface area contributed by atoms with E-state index in [9.17, 15) is 4.79 Å². The van der Waals surface area contributed by atoms with Crippen molar-refractivity contribution in [2.24, 2.45) is 0 Å². The van der Waals surface area contributed by atoms with E-state index in [1.54, 1.807) is 6.92 Å². The number of hydrogen-bond acceptors (Lipinski definition) is 2. The highest BCUT2D eigenvalue weighted by Gasteiger charge is 2.22. The lowest BCUT2D eigenvalue weighted by Gasteiger charge is -2.32. The second-order valence-corrected chi connectivity index (χ2v) is 4.17. The van der Waals surface area contributed by atoms with Crippen LogP contribution in [0.15, 0.2) is 0 Å². The molecule has 1 saturated carbocycles. The van der Waals surface area contributed by atoms with Gasteiger partial charge in [-0.15, -0.1) is 0 Å². The fourth-order valence-corrected chi connectivity index (χ4v) is 2.02. The highest BCUT2D eigenvalue weighted by atomic mass is 16.1. The predicted octanol–water partition coefficient (Wildman–Crippen LogP) is 2.02. The molecule has 0 aromatic carbocycles. The van der Waals surface area contributed by atoms with E-state index in [0.717, 1.165) is 12.8 Å². The summed E-state index contributed by atoms with van der Waals surface area (Å²) in [5.74, 6) is 0.105. The van der Waals surface area contributed by atoms with Crippen LogP contribution in [0, 0.1) is 0 Å². The second kappa shape index (κ2) is 7.69. The molecule has 0 spiro atoms. The number of amides is 1. The molecular formula is C12H26N2O. The number of nitrogens with zero attached hydrogens (tertiary/aromatic N) is 1. The van der Waals surface area contributed by atoms with Crippen molar-refractivity contribution in [2.45, 2.75) is 58.5 Å². The third-order valence-corrected chi connectivity index (χ3v) is 2.83. The van der Waals surface area contributed by atoms with Crippen molar-refractivity contribution < 1.29 is 4.79 Å². The summed E-state index contributed by atoms with van der Waals surface area (Å²) in [6.45, 7) is 5.60. The summed E-state index contributed by atoms with van der Waals surface area (Å²) in [6, 6.07) is 1.14. The first kappa shape index (κ1) is 14.4. The summed E-state index contributed by atoms with van der Waals surface area (Å²) in [6.07, 6.45) is 4.67. The minimum absolute atomic E-state index is 0.105. The molecule has 0 aromatic rings. The number of hydrogen-bond donors (Lipinski definition) is 1. The van der Waals surface area contributed by atoms with E-state index in [0.29, 0.717) is 12.1 Å². The zero-order valence-electron chi connectivity index (χ0n) is 10.8. The molecule has 1 amide bonds. The standard InChI is InChI=1S/C10H20N2O.C2H6/c1-8(13)11-9-4-6-10(7-5-9)12(2)3;1-2/h9-10H,4-7H2,1-3H3,(H,11,13);1-2H3. The maximum absolute atomic E-state index is 10.8. The molecule has 1 fully saturated rings. The summed E-state index contributed by atoms with van der Waals surface area (Å²) in [7, 11) is 4.26. The highest BCUT2D eigenvalue weighted by Crippen LogP contribution is 2.21. The van der Waals surface area contributed by atoms with E-state index in [2.05, 4.69) is 24.3 Å². The minimum Gasteiger partial charge on any atom is -0.354 e. The average Bonchev–Trinajstić information content (AvgIpc) is 2.20. The normalized spacial score (nSPS) is 25.5. The Kier molecular flexibility index (Phi) is 7.39. The Morgan fingerprint density at radius 1 is 1.13 bits per heavy atom. The smallest absolute Gasteiger partial charge is 0.217 e. The van der Waals surface area contributed by atoms with Crippen LogP contribution in [0.3, 0.4) is 0 Å². The molecule has 0 unspecified atom stereocenters. The maximum Gasteiger partial charge on any atom is 0.217 e. The SMILES string of the molecule is CC.CC(=O)NC1CCC(N(C)C)CC1. The van der Waals surface area contributed by atoms with Gasteiger partial charge in [-0.25, -0.2) is 0 Å². The predicted molar refractivity (Wildman–Crippen MR) is 64.9 cm³/mol. The van der Waals surface area contributed by atoms with E-state index >= 15 is 0 Å². The van der Waals surface area contributed by atoms with Crippen LogP contribution in [-0.2, 0) is 4.79 Å². The Balaban J connectivity index is 0.000000921. The van der Waals surface area contributed by atoms with E-state index < -0.39 is 0 Å². The van der Waals surface area contributed by atoms with Crippen molar-refractivity contribution in [2.75, 3.05) is 14.1 Å². The lowest BCUT2D eigenvalue weighted by molar-refractivity contribution is -0.119. The van der Waals surface area contributed by atoms with Gasteiger partial charge < -0.3 is 10.2 Å². The van der Waals surface area contributed by atoms with Crippen molar-refractivity contribution >= 4 is 5.91 Å². The third-order valence-electron chi connectivity index (χ3n) is 2.83. The van der Waals surface area contributed by atoms with Gasteiger partial charge in [0.1, 0.15) is 0 Å². The van der Waals surface area contributed by atoms with Gasteiger partial charge in [0, 0.05) is 19.0 Å². The van der Waals surface area contributed by atoms with Crippen LogP contribution in [-0.4, -0.2) is 37.0 Å². The molecule has 0 heterocycles. The van der Waals surface area contributed by atoms with Crippen molar-refractivity contribution in [3.8, 4) is 0 Å². The topological polar surface area (TPSA) is 32.3 Å². The van der Waals surface area contributed by atoms with Crippen molar-refractivity contribution in [3.05, 3.63) is 0 Å². The lowest BCUT2D eigenvalue weighted by atomic mass is 9.90. The zero-order valence-corrected chi connectivity index (χ0v) is 10.8. The number of carbonyl (C=O) groups excluding carboxylic acids is 1. The Hall–Kier alpha value is -0.570. The molecule has 1 aliphatic rings.